The number of hydrogen-bond acceptors (Lipinski definition) is 5. The van der Waals surface area contributed by atoms with Gasteiger partial charge < -0.3 is 0 Å². The van der Waals surface area contributed by atoms with Gasteiger partial charge in [0.05, 0.1) is 23.6 Å². The molecule has 1 N–H and O–H groups in total. The Morgan fingerprint density at radius 3 is 2.77 bits per heavy atom. The minimum absolute atomic E-state index is 0.195. The summed E-state index contributed by atoms with van der Waals surface area (Å²) in [7, 11) is 0. The average molecular weight is 330 g/mol. The van der Waals surface area contributed by atoms with Crippen LogP contribution in [0.1, 0.15) is 11.3 Å². The van der Waals surface area contributed by atoms with E-state index in [-0.39, 0.29) is 12.3 Å². The number of carbonyl (C=O) groups excluding carboxylic acids is 1. The summed E-state index contributed by atoms with van der Waals surface area (Å²) in [6.07, 6.45) is 0.219. The molecule has 22 heavy (non-hydrogen) atoms. The van der Waals surface area contributed by atoms with Crippen molar-refractivity contribution >= 4 is 28.6 Å². The van der Waals surface area contributed by atoms with Gasteiger partial charge in [0.25, 0.3) is 0 Å². The van der Waals surface area contributed by atoms with Gasteiger partial charge >= 0.3 is 0 Å². The predicted molar refractivity (Wildman–Crippen MR) is 88.5 cm³/mol. The molecule has 6 heteroatoms. The second-order valence-corrected chi connectivity index (χ2v) is 6.40. The Morgan fingerprint density at radius 2 is 2.00 bits per heavy atom. The molecule has 1 aromatic carbocycles. The third-order valence-corrected chi connectivity index (χ3v) is 4.82. The highest BCUT2D eigenvalue weighted by Gasteiger charge is 2.09. The minimum atomic E-state index is -0.195. The Kier molecular flexibility index (Phi) is 4.95. The van der Waals surface area contributed by atoms with E-state index in [1.165, 1.54) is 0 Å². The van der Waals surface area contributed by atoms with Gasteiger partial charge in [-0.3, -0.25) is 9.63 Å². The maximum absolute atomic E-state index is 11.8. The summed E-state index contributed by atoms with van der Waals surface area (Å²) in [5, 5.41) is 4.87. The van der Waals surface area contributed by atoms with Crippen molar-refractivity contribution < 1.29 is 9.63 Å². The number of nitrogens with zero attached hydrogens (tertiary/aromatic N) is 1. The van der Waals surface area contributed by atoms with Crippen molar-refractivity contribution in [1.82, 2.24) is 10.5 Å². The van der Waals surface area contributed by atoms with Crippen LogP contribution in [0.4, 0.5) is 0 Å². The number of carbonyl (C=O) groups is 1. The zero-order valence-electron chi connectivity index (χ0n) is 11.7. The molecule has 0 aliphatic rings. The first kappa shape index (κ1) is 14.9. The van der Waals surface area contributed by atoms with Gasteiger partial charge in [-0.05, 0) is 17.0 Å². The normalized spacial score (nSPS) is 10.5. The molecule has 0 bridgehead atoms. The quantitative estimate of drug-likeness (QED) is 0.702. The Balaban J connectivity index is 1.48. The molecular weight excluding hydrogens is 316 g/mol. The fourth-order valence-corrected chi connectivity index (χ4v) is 3.51. The van der Waals surface area contributed by atoms with Crippen LogP contribution >= 0.6 is 22.7 Å². The monoisotopic (exact) mass is 330 g/mol. The van der Waals surface area contributed by atoms with Crippen LogP contribution in [0.3, 0.4) is 0 Å². The summed E-state index contributed by atoms with van der Waals surface area (Å²) >= 11 is 3.19. The van der Waals surface area contributed by atoms with Crippen molar-refractivity contribution in [2.75, 3.05) is 0 Å². The highest BCUT2D eigenvalue weighted by atomic mass is 32.1. The van der Waals surface area contributed by atoms with Crippen molar-refractivity contribution in [3.05, 3.63) is 64.5 Å². The van der Waals surface area contributed by atoms with E-state index in [4.69, 9.17) is 4.84 Å². The molecular formula is C16H14N2O2S2. The van der Waals surface area contributed by atoms with Crippen molar-refractivity contribution in [3.63, 3.8) is 0 Å². The SMILES string of the molecule is O=C(Cc1csc(-c2cccs2)n1)NOCc1ccccc1. The Morgan fingerprint density at radius 1 is 1.14 bits per heavy atom. The molecule has 2 aromatic heterocycles. The molecule has 0 radical (unpaired) electrons. The van der Waals surface area contributed by atoms with Crippen LogP contribution in [0.15, 0.2) is 53.2 Å². The molecule has 0 saturated carbocycles. The lowest BCUT2D eigenvalue weighted by Gasteiger charge is -2.04. The number of hydrogen-bond donors (Lipinski definition) is 1. The van der Waals surface area contributed by atoms with Gasteiger partial charge in [0.1, 0.15) is 5.01 Å². The minimum Gasteiger partial charge on any atom is -0.272 e. The van der Waals surface area contributed by atoms with E-state index < -0.39 is 0 Å². The number of hydroxylamine groups is 1. The van der Waals surface area contributed by atoms with Crippen LogP contribution in [0, 0.1) is 0 Å². The van der Waals surface area contributed by atoms with E-state index in [1.807, 2.05) is 53.2 Å². The average Bonchev–Trinajstić information content (AvgIpc) is 3.19. The molecule has 4 nitrogen and oxygen atoms in total. The topological polar surface area (TPSA) is 51.2 Å². The van der Waals surface area contributed by atoms with Gasteiger partial charge in [-0.15, -0.1) is 22.7 Å². The number of aromatic nitrogens is 1. The van der Waals surface area contributed by atoms with Crippen LogP contribution < -0.4 is 5.48 Å². The van der Waals surface area contributed by atoms with Crippen LogP contribution in [0.5, 0.6) is 0 Å². The van der Waals surface area contributed by atoms with E-state index >= 15 is 0 Å². The van der Waals surface area contributed by atoms with Gasteiger partial charge in [0, 0.05) is 5.38 Å². The molecule has 1 amide bonds. The van der Waals surface area contributed by atoms with Crippen LogP contribution in [-0.4, -0.2) is 10.9 Å². The summed E-state index contributed by atoms with van der Waals surface area (Å²) in [6, 6.07) is 13.7. The summed E-state index contributed by atoms with van der Waals surface area (Å²) in [6.45, 7) is 0.351. The van der Waals surface area contributed by atoms with Gasteiger partial charge in [-0.25, -0.2) is 10.5 Å². The number of benzene rings is 1. The molecule has 3 aromatic rings. The molecule has 0 spiro atoms. The van der Waals surface area contributed by atoms with E-state index in [2.05, 4.69) is 10.5 Å². The third-order valence-electron chi connectivity index (χ3n) is 2.89. The number of nitrogens with one attached hydrogen (secondary N) is 1. The molecule has 112 valence electrons. The summed E-state index contributed by atoms with van der Waals surface area (Å²) in [5.41, 5.74) is 4.22. The summed E-state index contributed by atoms with van der Waals surface area (Å²) in [5.74, 6) is -0.195. The van der Waals surface area contributed by atoms with Crippen molar-refractivity contribution in [2.45, 2.75) is 13.0 Å². The van der Waals surface area contributed by atoms with E-state index in [1.54, 1.807) is 22.7 Å². The lowest BCUT2D eigenvalue weighted by Crippen LogP contribution is -2.25. The summed E-state index contributed by atoms with van der Waals surface area (Å²) in [4.78, 5) is 22.6. The number of rotatable bonds is 6. The lowest BCUT2D eigenvalue weighted by atomic mass is 10.2. The van der Waals surface area contributed by atoms with Crippen LogP contribution in [0.2, 0.25) is 0 Å². The number of thiazole rings is 1. The van der Waals surface area contributed by atoms with Crippen LogP contribution in [0.25, 0.3) is 9.88 Å². The first-order valence-corrected chi connectivity index (χ1v) is 8.50. The maximum Gasteiger partial charge on any atom is 0.249 e. The molecule has 0 fully saturated rings. The lowest BCUT2D eigenvalue weighted by molar-refractivity contribution is -0.133. The smallest absolute Gasteiger partial charge is 0.249 e. The molecule has 0 unspecified atom stereocenters. The zero-order valence-corrected chi connectivity index (χ0v) is 13.3. The fraction of sp³-hybridized carbons (Fsp3) is 0.125. The van der Waals surface area contributed by atoms with Crippen molar-refractivity contribution in [1.29, 1.82) is 0 Å². The first-order valence-electron chi connectivity index (χ1n) is 6.74. The molecule has 0 saturated heterocycles. The second-order valence-electron chi connectivity index (χ2n) is 4.60. The molecule has 3 rings (SSSR count). The fourth-order valence-electron chi connectivity index (χ4n) is 1.88. The zero-order chi connectivity index (χ0) is 15.2. The largest absolute Gasteiger partial charge is 0.272 e. The Labute approximate surface area is 136 Å². The van der Waals surface area contributed by atoms with E-state index in [9.17, 15) is 4.79 Å². The first-order chi connectivity index (χ1) is 10.8. The molecule has 2 heterocycles. The molecule has 0 aliphatic heterocycles. The van der Waals surface area contributed by atoms with Gasteiger partial charge in [0.2, 0.25) is 5.91 Å². The van der Waals surface area contributed by atoms with Gasteiger partial charge in [-0.1, -0.05) is 36.4 Å². The highest BCUT2D eigenvalue weighted by molar-refractivity contribution is 7.20. The van der Waals surface area contributed by atoms with Gasteiger partial charge in [-0.2, -0.15) is 0 Å². The van der Waals surface area contributed by atoms with Gasteiger partial charge in [0.15, 0.2) is 0 Å². The second kappa shape index (κ2) is 7.31. The van der Waals surface area contributed by atoms with Crippen molar-refractivity contribution in [3.8, 4) is 9.88 Å². The third kappa shape index (κ3) is 4.00. The van der Waals surface area contributed by atoms with Crippen LogP contribution in [-0.2, 0) is 22.7 Å². The molecule has 0 aliphatic carbocycles. The highest BCUT2D eigenvalue weighted by Crippen LogP contribution is 2.27. The predicted octanol–water partition coefficient (Wildman–Crippen LogP) is 3.66. The number of thiophene rings is 1. The standard InChI is InChI=1S/C16H14N2O2S2/c19-15(18-20-10-12-5-2-1-3-6-12)9-13-11-22-16(17-13)14-7-4-8-21-14/h1-8,11H,9-10H2,(H,18,19). The van der Waals surface area contributed by atoms with Crippen molar-refractivity contribution in [2.24, 2.45) is 0 Å². The Hall–Kier alpha value is -2.02. The summed E-state index contributed by atoms with van der Waals surface area (Å²) < 4.78 is 0. The molecule has 0 atom stereocenters. The van der Waals surface area contributed by atoms with E-state index in [0.29, 0.717) is 6.61 Å². The number of amides is 1. The maximum atomic E-state index is 11.8. The van der Waals surface area contributed by atoms with E-state index in [0.717, 1.165) is 21.1 Å². The Bertz CT molecular complexity index is 724.